The maximum atomic E-state index is 12.8. The molecule has 0 spiro atoms. The van der Waals surface area contributed by atoms with E-state index in [0.717, 1.165) is 6.42 Å². The zero-order valence-electron chi connectivity index (χ0n) is 11.7. The van der Waals surface area contributed by atoms with Crippen LogP contribution in [0.2, 0.25) is 0 Å². The Labute approximate surface area is 113 Å². The molecule has 3 rings (SSSR count). The topological polar surface area (TPSA) is 46.6 Å². The summed E-state index contributed by atoms with van der Waals surface area (Å²) in [5, 5.41) is 0. The van der Waals surface area contributed by atoms with Gasteiger partial charge >= 0.3 is 6.09 Å². The van der Waals surface area contributed by atoms with Crippen LogP contribution in [0.4, 0.5) is 4.79 Å². The highest BCUT2D eigenvalue weighted by Crippen LogP contribution is 2.48. The smallest absolute Gasteiger partial charge is 0.416 e. The largest absolute Gasteiger partial charge is 0.447 e. The number of carbonyl (C=O) groups excluding carboxylic acids is 2. The molecule has 5 atom stereocenters. The number of nitrogens with zero attached hydrogens (tertiary/aromatic N) is 1. The van der Waals surface area contributed by atoms with Gasteiger partial charge in [-0.15, -0.1) is 0 Å². The molecule has 2 bridgehead atoms. The molecule has 2 fully saturated rings. The zero-order valence-corrected chi connectivity index (χ0v) is 11.7. The van der Waals surface area contributed by atoms with Crippen LogP contribution in [0.1, 0.15) is 27.2 Å². The van der Waals surface area contributed by atoms with E-state index >= 15 is 0 Å². The lowest BCUT2D eigenvalue weighted by molar-refractivity contribution is -0.136. The first-order valence-electron chi connectivity index (χ1n) is 7.19. The predicted octanol–water partition coefficient (Wildman–Crippen LogP) is 2.45. The molecule has 1 aliphatic heterocycles. The third-order valence-electron chi connectivity index (χ3n) is 5.05. The van der Waals surface area contributed by atoms with Crippen molar-refractivity contribution in [3.05, 3.63) is 12.2 Å². The van der Waals surface area contributed by atoms with E-state index in [2.05, 4.69) is 19.1 Å². The summed E-state index contributed by atoms with van der Waals surface area (Å²) < 4.78 is 5.08. The minimum atomic E-state index is -0.456. The van der Waals surface area contributed by atoms with Crippen molar-refractivity contribution in [2.45, 2.75) is 33.2 Å². The molecule has 0 N–H and O–H groups in total. The molecule has 1 saturated heterocycles. The fourth-order valence-corrected chi connectivity index (χ4v) is 3.82. The summed E-state index contributed by atoms with van der Waals surface area (Å²) in [6.45, 7) is 6.52. The summed E-state index contributed by atoms with van der Waals surface area (Å²) in [6, 6.07) is -0.102. The van der Waals surface area contributed by atoms with Crippen LogP contribution in [0.15, 0.2) is 12.2 Å². The van der Waals surface area contributed by atoms with Gasteiger partial charge in [0.15, 0.2) is 0 Å². The highest BCUT2D eigenvalue weighted by molar-refractivity contribution is 5.95. The molecule has 1 heterocycles. The number of carbonyl (C=O) groups is 2. The molecule has 0 radical (unpaired) electrons. The Kier molecular flexibility index (Phi) is 2.91. The SMILES string of the molecule is CC(C)[C@H]1COC(=O)N1C(=O)[C@@H]1[C@@H](C)[C@@H]2C=C[C@H]1C2. The van der Waals surface area contributed by atoms with Gasteiger partial charge in [-0.1, -0.05) is 32.9 Å². The second-order valence-electron chi connectivity index (χ2n) is 6.43. The molecule has 4 nitrogen and oxygen atoms in total. The molecule has 1 saturated carbocycles. The molecule has 104 valence electrons. The van der Waals surface area contributed by atoms with Crippen LogP contribution < -0.4 is 0 Å². The Morgan fingerprint density at radius 2 is 2.05 bits per heavy atom. The zero-order chi connectivity index (χ0) is 13.7. The van der Waals surface area contributed by atoms with Gasteiger partial charge in [-0.25, -0.2) is 9.69 Å². The second-order valence-corrected chi connectivity index (χ2v) is 6.43. The molecule has 19 heavy (non-hydrogen) atoms. The van der Waals surface area contributed by atoms with Crippen molar-refractivity contribution in [3.8, 4) is 0 Å². The van der Waals surface area contributed by atoms with E-state index in [1.54, 1.807) is 0 Å². The second kappa shape index (κ2) is 4.36. The van der Waals surface area contributed by atoms with Crippen molar-refractivity contribution < 1.29 is 14.3 Å². The number of hydrogen-bond acceptors (Lipinski definition) is 3. The number of imide groups is 1. The molecular weight excluding hydrogens is 242 g/mol. The molecule has 2 aliphatic carbocycles. The minimum Gasteiger partial charge on any atom is -0.447 e. The van der Waals surface area contributed by atoms with E-state index in [1.807, 2.05) is 13.8 Å². The van der Waals surface area contributed by atoms with Crippen molar-refractivity contribution in [2.24, 2.45) is 29.6 Å². The summed E-state index contributed by atoms with van der Waals surface area (Å²) in [6.07, 6.45) is 4.98. The van der Waals surface area contributed by atoms with Gasteiger partial charge in [0.05, 0.1) is 6.04 Å². The van der Waals surface area contributed by atoms with Crippen LogP contribution in [0, 0.1) is 29.6 Å². The molecule has 0 aromatic carbocycles. The highest BCUT2D eigenvalue weighted by Gasteiger charge is 2.51. The Balaban J connectivity index is 1.83. The van der Waals surface area contributed by atoms with Gasteiger partial charge in [-0.2, -0.15) is 0 Å². The van der Waals surface area contributed by atoms with Crippen LogP contribution >= 0.6 is 0 Å². The van der Waals surface area contributed by atoms with Crippen molar-refractivity contribution in [1.29, 1.82) is 0 Å². The van der Waals surface area contributed by atoms with E-state index in [0.29, 0.717) is 24.4 Å². The Morgan fingerprint density at radius 1 is 1.37 bits per heavy atom. The van der Waals surface area contributed by atoms with E-state index in [9.17, 15) is 9.59 Å². The lowest BCUT2D eigenvalue weighted by Gasteiger charge is -2.30. The van der Waals surface area contributed by atoms with Crippen molar-refractivity contribution in [1.82, 2.24) is 4.90 Å². The number of ether oxygens (including phenoxy) is 1. The van der Waals surface area contributed by atoms with Gasteiger partial charge in [0.1, 0.15) is 6.61 Å². The van der Waals surface area contributed by atoms with E-state index < -0.39 is 6.09 Å². The average Bonchev–Trinajstić information content (AvgIpc) is 3.01. The van der Waals surface area contributed by atoms with Crippen LogP contribution in [0.25, 0.3) is 0 Å². The Hall–Kier alpha value is -1.32. The monoisotopic (exact) mass is 263 g/mol. The van der Waals surface area contributed by atoms with E-state index in [1.165, 1.54) is 4.90 Å². The standard InChI is InChI=1S/C15H21NO3/c1-8(2)12-7-19-15(18)16(12)14(17)13-9(3)10-4-5-11(13)6-10/h4-5,8-13H,6-7H2,1-3H3/t9-,10+,11-,12+,13+/m0/s1. The van der Waals surface area contributed by atoms with E-state index in [4.69, 9.17) is 4.74 Å². The van der Waals surface area contributed by atoms with Gasteiger partial charge in [-0.05, 0) is 30.1 Å². The molecule has 2 amide bonds. The number of allylic oxidation sites excluding steroid dienone is 2. The Morgan fingerprint density at radius 3 is 2.63 bits per heavy atom. The highest BCUT2D eigenvalue weighted by atomic mass is 16.6. The first kappa shape index (κ1) is 12.7. The van der Waals surface area contributed by atoms with Gasteiger partial charge in [-0.3, -0.25) is 4.79 Å². The molecule has 0 aromatic rings. The lowest BCUT2D eigenvalue weighted by Crippen LogP contribution is -2.47. The number of fused-ring (bicyclic) bond motifs is 2. The first-order valence-corrected chi connectivity index (χ1v) is 7.19. The minimum absolute atomic E-state index is 0.0226. The number of cyclic esters (lactones) is 1. The van der Waals surface area contributed by atoms with Gasteiger partial charge in [0.2, 0.25) is 5.91 Å². The van der Waals surface area contributed by atoms with Crippen LogP contribution in [-0.4, -0.2) is 29.5 Å². The van der Waals surface area contributed by atoms with Gasteiger partial charge in [0, 0.05) is 5.92 Å². The van der Waals surface area contributed by atoms with Crippen molar-refractivity contribution in [3.63, 3.8) is 0 Å². The van der Waals surface area contributed by atoms with Crippen molar-refractivity contribution >= 4 is 12.0 Å². The summed E-state index contributed by atoms with van der Waals surface area (Å²) in [5.41, 5.74) is 0. The summed E-state index contributed by atoms with van der Waals surface area (Å²) in [4.78, 5) is 26.0. The molecule has 0 aromatic heterocycles. The predicted molar refractivity (Wildman–Crippen MR) is 70.2 cm³/mol. The van der Waals surface area contributed by atoms with Gasteiger partial charge < -0.3 is 4.74 Å². The van der Waals surface area contributed by atoms with Crippen LogP contribution in [0.3, 0.4) is 0 Å². The molecule has 3 aliphatic rings. The number of hydrogen-bond donors (Lipinski definition) is 0. The fourth-order valence-electron chi connectivity index (χ4n) is 3.82. The third-order valence-corrected chi connectivity index (χ3v) is 5.05. The quantitative estimate of drug-likeness (QED) is 0.719. The molecular formula is C15H21NO3. The number of amides is 2. The van der Waals surface area contributed by atoms with Crippen LogP contribution in [0.5, 0.6) is 0 Å². The Bertz CT molecular complexity index is 443. The molecule has 4 heteroatoms. The summed E-state index contributed by atoms with van der Waals surface area (Å²) in [7, 11) is 0. The van der Waals surface area contributed by atoms with E-state index in [-0.39, 0.29) is 23.8 Å². The van der Waals surface area contributed by atoms with Gasteiger partial charge in [0.25, 0.3) is 0 Å². The van der Waals surface area contributed by atoms with Crippen molar-refractivity contribution in [2.75, 3.05) is 6.61 Å². The maximum absolute atomic E-state index is 12.8. The maximum Gasteiger partial charge on any atom is 0.416 e. The third kappa shape index (κ3) is 1.80. The summed E-state index contributed by atoms with van der Waals surface area (Å²) >= 11 is 0. The average molecular weight is 263 g/mol. The first-order chi connectivity index (χ1) is 9.00. The van der Waals surface area contributed by atoms with Crippen LogP contribution in [-0.2, 0) is 9.53 Å². The number of rotatable bonds is 2. The summed E-state index contributed by atoms with van der Waals surface area (Å²) in [5.74, 6) is 1.33. The fraction of sp³-hybridized carbons (Fsp3) is 0.733. The molecule has 0 unspecified atom stereocenters. The normalized spacial score (nSPS) is 40.3. The lowest BCUT2D eigenvalue weighted by atomic mass is 9.83.